The molecule has 1 aromatic heterocycles. The molecule has 1 aliphatic rings. The van der Waals surface area contributed by atoms with Gasteiger partial charge in [0.1, 0.15) is 11.6 Å². The molecule has 0 amide bonds. The van der Waals surface area contributed by atoms with Crippen LogP contribution in [0, 0.1) is 12.7 Å². The maximum absolute atomic E-state index is 13.4. The number of hydrogen-bond acceptors (Lipinski definition) is 3. The van der Waals surface area contributed by atoms with Crippen LogP contribution in [0.2, 0.25) is 0 Å². The van der Waals surface area contributed by atoms with E-state index in [4.69, 9.17) is 5.73 Å². The summed E-state index contributed by atoms with van der Waals surface area (Å²) in [5, 5.41) is 8.18. The first-order valence-electron chi connectivity index (χ1n) is 5.64. The predicted octanol–water partition coefficient (Wildman–Crippen LogP) is 2.31. The average molecular weight is 232 g/mol. The van der Waals surface area contributed by atoms with Gasteiger partial charge in [-0.2, -0.15) is 0 Å². The Morgan fingerprint density at radius 1 is 1.35 bits per heavy atom. The predicted molar refractivity (Wildman–Crippen MR) is 62.8 cm³/mol. The molecule has 4 nitrogen and oxygen atoms in total. The van der Waals surface area contributed by atoms with Crippen molar-refractivity contribution in [2.24, 2.45) is 0 Å². The van der Waals surface area contributed by atoms with Crippen LogP contribution in [0.1, 0.15) is 24.7 Å². The van der Waals surface area contributed by atoms with Gasteiger partial charge in [-0.1, -0.05) is 6.07 Å². The molecule has 0 spiro atoms. The van der Waals surface area contributed by atoms with Crippen LogP contribution in [0.5, 0.6) is 0 Å². The summed E-state index contributed by atoms with van der Waals surface area (Å²) in [7, 11) is 0. The summed E-state index contributed by atoms with van der Waals surface area (Å²) in [6, 6.07) is 5.22. The highest BCUT2D eigenvalue weighted by Gasteiger charge is 2.29. The normalized spacial score (nSPS) is 15.2. The van der Waals surface area contributed by atoms with E-state index in [1.807, 2.05) is 11.5 Å². The van der Waals surface area contributed by atoms with Gasteiger partial charge in [-0.3, -0.25) is 0 Å². The van der Waals surface area contributed by atoms with Crippen molar-refractivity contribution >= 4 is 5.69 Å². The molecular weight excluding hydrogens is 219 g/mol. The molecule has 0 unspecified atom stereocenters. The summed E-state index contributed by atoms with van der Waals surface area (Å²) in [5.74, 6) is 1.11. The second kappa shape index (κ2) is 3.55. The Labute approximate surface area is 98.3 Å². The van der Waals surface area contributed by atoms with Crippen LogP contribution in [0.4, 0.5) is 10.1 Å². The highest BCUT2D eigenvalue weighted by atomic mass is 19.1. The number of nitrogen functional groups attached to an aromatic ring is 1. The highest BCUT2D eigenvalue weighted by molar-refractivity contribution is 5.72. The van der Waals surface area contributed by atoms with Crippen molar-refractivity contribution in [1.29, 1.82) is 0 Å². The lowest BCUT2D eigenvalue weighted by atomic mass is 10.1. The number of halogens is 1. The number of nitrogens with two attached hydrogens (primary N) is 1. The van der Waals surface area contributed by atoms with E-state index in [1.54, 1.807) is 12.1 Å². The minimum absolute atomic E-state index is 0.141. The van der Waals surface area contributed by atoms with E-state index in [9.17, 15) is 4.39 Å². The van der Waals surface area contributed by atoms with Crippen molar-refractivity contribution in [3.63, 3.8) is 0 Å². The number of nitrogens with zero attached hydrogens (tertiary/aromatic N) is 3. The maximum Gasteiger partial charge on any atom is 0.166 e. The molecule has 1 saturated carbocycles. The lowest BCUT2D eigenvalue weighted by Crippen LogP contribution is -2.02. The first-order chi connectivity index (χ1) is 8.18. The molecule has 0 aliphatic heterocycles. The lowest BCUT2D eigenvalue weighted by Gasteiger charge is -2.09. The molecule has 0 radical (unpaired) electrons. The molecule has 1 aliphatic carbocycles. The molecule has 2 N–H and O–H groups in total. The standard InChI is InChI=1S/C12H13FN4/c1-7-15-16-12(17(7)8-5-6-8)9-3-2-4-10(13)11(9)14/h2-4,8H,5-6,14H2,1H3. The van der Waals surface area contributed by atoms with E-state index in [0.717, 1.165) is 18.7 Å². The first-order valence-corrected chi connectivity index (χ1v) is 5.64. The van der Waals surface area contributed by atoms with E-state index in [2.05, 4.69) is 10.2 Å². The average Bonchev–Trinajstić information content (AvgIpc) is 3.07. The summed E-state index contributed by atoms with van der Waals surface area (Å²) in [6.07, 6.45) is 2.25. The van der Waals surface area contributed by atoms with Crippen LogP contribution in [-0.2, 0) is 0 Å². The largest absolute Gasteiger partial charge is 0.396 e. The molecular formula is C12H13FN4. The van der Waals surface area contributed by atoms with Crippen LogP contribution >= 0.6 is 0 Å². The second-order valence-corrected chi connectivity index (χ2v) is 4.37. The highest BCUT2D eigenvalue weighted by Crippen LogP contribution is 2.39. The van der Waals surface area contributed by atoms with Gasteiger partial charge >= 0.3 is 0 Å². The van der Waals surface area contributed by atoms with Gasteiger partial charge in [0.15, 0.2) is 5.82 Å². The zero-order valence-electron chi connectivity index (χ0n) is 9.52. The lowest BCUT2D eigenvalue weighted by molar-refractivity contribution is 0.632. The van der Waals surface area contributed by atoms with Crippen LogP contribution in [0.3, 0.4) is 0 Å². The van der Waals surface area contributed by atoms with Crippen molar-refractivity contribution in [2.45, 2.75) is 25.8 Å². The smallest absolute Gasteiger partial charge is 0.166 e. The molecule has 0 atom stereocenters. The van der Waals surface area contributed by atoms with Crippen molar-refractivity contribution in [3.05, 3.63) is 29.8 Å². The quantitative estimate of drug-likeness (QED) is 0.808. The van der Waals surface area contributed by atoms with Crippen molar-refractivity contribution < 1.29 is 4.39 Å². The number of aryl methyl sites for hydroxylation is 1. The van der Waals surface area contributed by atoms with E-state index in [-0.39, 0.29) is 5.69 Å². The monoisotopic (exact) mass is 232 g/mol. The Morgan fingerprint density at radius 3 is 2.82 bits per heavy atom. The summed E-state index contributed by atoms with van der Waals surface area (Å²) >= 11 is 0. The number of hydrogen-bond donors (Lipinski definition) is 1. The second-order valence-electron chi connectivity index (χ2n) is 4.37. The Morgan fingerprint density at radius 2 is 2.12 bits per heavy atom. The van der Waals surface area contributed by atoms with Gasteiger partial charge in [0.2, 0.25) is 0 Å². The third-order valence-electron chi connectivity index (χ3n) is 3.07. The van der Waals surface area contributed by atoms with E-state index in [0.29, 0.717) is 17.4 Å². The van der Waals surface area contributed by atoms with E-state index >= 15 is 0 Å². The SMILES string of the molecule is Cc1nnc(-c2cccc(F)c2N)n1C1CC1. The number of rotatable bonds is 2. The Balaban J connectivity index is 2.18. The molecule has 88 valence electrons. The minimum Gasteiger partial charge on any atom is -0.396 e. The van der Waals surface area contributed by atoms with Crippen LogP contribution in [-0.4, -0.2) is 14.8 Å². The van der Waals surface area contributed by atoms with Gasteiger partial charge < -0.3 is 10.3 Å². The van der Waals surface area contributed by atoms with Gasteiger partial charge in [-0.05, 0) is 31.9 Å². The fourth-order valence-electron chi connectivity index (χ4n) is 2.05. The van der Waals surface area contributed by atoms with Crippen molar-refractivity contribution in [2.75, 3.05) is 5.73 Å². The zero-order valence-corrected chi connectivity index (χ0v) is 9.52. The van der Waals surface area contributed by atoms with Crippen LogP contribution in [0.15, 0.2) is 18.2 Å². The van der Waals surface area contributed by atoms with Gasteiger partial charge in [-0.25, -0.2) is 4.39 Å². The molecule has 3 rings (SSSR count). The van der Waals surface area contributed by atoms with Gasteiger partial charge in [0, 0.05) is 11.6 Å². The molecule has 2 aromatic rings. The van der Waals surface area contributed by atoms with Crippen LogP contribution < -0.4 is 5.73 Å². The Hall–Kier alpha value is -1.91. The number of para-hydroxylation sites is 1. The fourth-order valence-corrected chi connectivity index (χ4v) is 2.05. The Bertz CT molecular complexity index is 572. The minimum atomic E-state index is -0.412. The van der Waals surface area contributed by atoms with Crippen LogP contribution in [0.25, 0.3) is 11.4 Å². The Kier molecular flexibility index (Phi) is 2.14. The summed E-state index contributed by atoms with van der Waals surface area (Å²) < 4.78 is 15.5. The maximum atomic E-state index is 13.4. The molecule has 0 bridgehead atoms. The molecule has 1 aromatic carbocycles. The third kappa shape index (κ3) is 1.58. The molecule has 1 fully saturated rings. The summed E-state index contributed by atoms with van der Waals surface area (Å²) in [6.45, 7) is 1.91. The van der Waals surface area contributed by atoms with E-state index in [1.165, 1.54) is 6.07 Å². The molecule has 17 heavy (non-hydrogen) atoms. The fraction of sp³-hybridized carbons (Fsp3) is 0.333. The van der Waals surface area contributed by atoms with Gasteiger partial charge in [0.25, 0.3) is 0 Å². The number of benzene rings is 1. The van der Waals surface area contributed by atoms with Gasteiger partial charge in [-0.15, -0.1) is 10.2 Å². The van der Waals surface area contributed by atoms with E-state index < -0.39 is 5.82 Å². The molecule has 5 heteroatoms. The van der Waals surface area contributed by atoms with Gasteiger partial charge in [0.05, 0.1) is 5.69 Å². The topological polar surface area (TPSA) is 56.7 Å². The third-order valence-corrected chi connectivity index (χ3v) is 3.07. The number of anilines is 1. The van der Waals surface area contributed by atoms with Crippen molar-refractivity contribution in [3.8, 4) is 11.4 Å². The molecule has 0 saturated heterocycles. The summed E-state index contributed by atoms with van der Waals surface area (Å²) in [5.41, 5.74) is 6.52. The zero-order chi connectivity index (χ0) is 12.0. The number of aromatic nitrogens is 3. The first kappa shape index (κ1) is 10.3. The molecule has 1 heterocycles. The summed E-state index contributed by atoms with van der Waals surface area (Å²) in [4.78, 5) is 0. The van der Waals surface area contributed by atoms with Crippen molar-refractivity contribution in [1.82, 2.24) is 14.8 Å².